The summed E-state index contributed by atoms with van der Waals surface area (Å²) in [5.41, 5.74) is 1.29. The second kappa shape index (κ2) is 5.61. The Hall–Kier alpha value is -1.55. The van der Waals surface area contributed by atoms with Gasteiger partial charge >= 0.3 is 0 Å². The van der Waals surface area contributed by atoms with E-state index >= 15 is 0 Å². The highest BCUT2D eigenvalue weighted by Gasteiger charge is 2.29. The third-order valence-electron chi connectivity index (χ3n) is 3.63. The van der Waals surface area contributed by atoms with E-state index in [1.54, 1.807) is 0 Å². The average molecular weight is 260 g/mol. The van der Waals surface area contributed by atoms with Gasteiger partial charge in [-0.2, -0.15) is 0 Å². The molecule has 0 spiro atoms. The van der Waals surface area contributed by atoms with E-state index in [0.29, 0.717) is 12.5 Å². The summed E-state index contributed by atoms with van der Waals surface area (Å²) >= 11 is 0. The van der Waals surface area contributed by atoms with Crippen molar-refractivity contribution < 1.29 is 9.53 Å². The van der Waals surface area contributed by atoms with Gasteiger partial charge in [-0.15, -0.1) is 0 Å². The van der Waals surface area contributed by atoms with Crippen LogP contribution in [-0.2, 0) is 11.2 Å². The molecule has 4 nitrogen and oxygen atoms in total. The summed E-state index contributed by atoms with van der Waals surface area (Å²) in [7, 11) is 0. The molecule has 1 amide bonds. The Morgan fingerprint density at radius 3 is 2.89 bits per heavy atom. The van der Waals surface area contributed by atoms with Crippen LogP contribution >= 0.6 is 0 Å². The molecular formula is C15H20N2O2. The highest BCUT2D eigenvalue weighted by Crippen LogP contribution is 2.28. The molecule has 102 valence electrons. The van der Waals surface area contributed by atoms with Crippen LogP contribution in [0.1, 0.15) is 18.4 Å². The van der Waals surface area contributed by atoms with Crippen molar-refractivity contribution in [2.45, 2.75) is 25.4 Å². The smallest absolute Gasteiger partial charge is 0.223 e. The van der Waals surface area contributed by atoms with Crippen molar-refractivity contribution in [2.75, 3.05) is 19.6 Å². The lowest BCUT2D eigenvalue weighted by atomic mass is 10.1. The fourth-order valence-corrected chi connectivity index (χ4v) is 2.39. The highest BCUT2D eigenvalue weighted by atomic mass is 16.5. The lowest BCUT2D eigenvalue weighted by molar-refractivity contribution is -0.122. The van der Waals surface area contributed by atoms with Gasteiger partial charge < -0.3 is 15.4 Å². The number of rotatable bonds is 6. The first-order valence-electron chi connectivity index (χ1n) is 7.06. The first kappa shape index (κ1) is 12.5. The van der Waals surface area contributed by atoms with E-state index in [2.05, 4.69) is 16.7 Å². The van der Waals surface area contributed by atoms with Crippen molar-refractivity contribution in [3.63, 3.8) is 0 Å². The maximum atomic E-state index is 11.4. The molecule has 1 heterocycles. The second-order valence-corrected chi connectivity index (χ2v) is 5.32. The molecule has 0 saturated heterocycles. The van der Waals surface area contributed by atoms with Gasteiger partial charge in [-0.25, -0.2) is 0 Å². The van der Waals surface area contributed by atoms with Crippen molar-refractivity contribution in [1.82, 2.24) is 10.6 Å². The Morgan fingerprint density at radius 1 is 1.26 bits per heavy atom. The molecule has 19 heavy (non-hydrogen) atoms. The van der Waals surface area contributed by atoms with Crippen LogP contribution < -0.4 is 15.4 Å². The Labute approximate surface area is 113 Å². The maximum Gasteiger partial charge on any atom is 0.223 e. The third kappa shape index (κ3) is 3.26. The van der Waals surface area contributed by atoms with Gasteiger partial charge in [-0.1, -0.05) is 18.2 Å². The molecule has 1 aromatic carbocycles. The topological polar surface area (TPSA) is 50.4 Å². The molecule has 1 saturated carbocycles. The summed E-state index contributed by atoms with van der Waals surface area (Å²) in [6.07, 6.45) is 3.31. The van der Waals surface area contributed by atoms with Crippen LogP contribution in [0.2, 0.25) is 0 Å². The van der Waals surface area contributed by atoms with E-state index in [0.717, 1.165) is 38.1 Å². The number of para-hydroxylation sites is 1. The van der Waals surface area contributed by atoms with Gasteiger partial charge in [0.05, 0.1) is 0 Å². The van der Waals surface area contributed by atoms with E-state index in [1.807, 2.05) is 18.2 Å². The molecule has 3 rings (SSSR count). The summed E-state index contributed by atoms with van der Waals surface area (Å²) in [5, 5.41) is 6.28. The van der Waals surface area contributed by atoms with Crippen LogP contribution in [0.4, 0.5) is 0 Å². The summed E-state index contributed by atoms with van der Waals surface area (Å²) in [4.78, 5) is 11.4. The predicted octanol–water partition coefficient (Wildman–Crippen LogP) is 1.11. The van der Waals surface area contributed by atoms with Crippen LogP contribution in [0.3, 0.4) is 0 Å². The van der Waals surface area contributed by atoms with Crippen molar-refractivity contribution in [3.05, 3.63) is 29.8 Å². The summed E-state index contributed by atoms with van der Waals surface area (Å²) in [6, 6.07) is 8.18. The zero-order chi connectivity index (χ0) is 13.1. The average Bonchev–Trinajstić information content (AvgIpc) is 3.18. The van der Waals surface area contributed by atoms with Crippen LogP contribution in [0.5, 0.6) is 5.75 Å². The fraction of sp³-hybridized carbons (Fsp3) is 0.533. The van der Waals surface area contributed by atoms with Crippen molar-refractivity contribution >= 4 is 5.91 Å². The summed E-state index contributed by atoms with van der Waals surface area (Å²) in [6.45, 7) is 2.33. The molecular weight excluding hydrogens is 240 g/mol. The number of carbonyl (C=O) groups excluding carboxylic acids is 1. The quantitative estimate of drug-likeness (QED) is 0.753. The Kier molecular flexibility index (Phi) is 3.69. The third-order valence-corrected chi connectivity index (χ3v) is 3.63. The zero-order valence-electron chi connectivity index (χ0n) is 11.0. The molecule has 0 aromatic heterocycles. The number of nitrogens with one attached hydrogen (secondary N) is 2. The summed E-state index contributed by atoms with van der Waals surface area (Å²) < 4.78 is 5.83. The van der Waals surface area contributed by atoms with Crippen LogP contribution in [0.25, 0.3) is 0 Å². The summed E-state index contributed by atoms with van der Waals surface area (Å²) in [5.74, 6) is 1.52. The molecule has 2 aliphatic rings. The number of fused-ring (bicyclic) bond motifs is 1. The van der Waals surface area contributed by atoms with E-state index in [1.165, 1.54) is 5.56 Å². The normalized spacial score (nSPS) is 20.7. The van der Waals surface area contributed by atoms with Crippen molar-refractivity contribution in [1.29, 1.82) is 0 Å². The largest absolute Gasteiger partial charge is 0.488 e. The lowest BCUT2D eigenvalue weighted by Gasteiger charge is -2.12. The minimum absolute atomic E-state index is 0.214. The molecule has 1 aliphatic heterocycles. The molecule has 4 heteroatoms. The number of carbonyl (C=O) groups is 1. The first-order valence-corrected chi connectivity index (χ1v) is 7.06. The van der Waals surface area contributed by atoms with Gasteiger partial charge in [0.1, 0.15) is 11.9 Å². The van der Waals surface area contributed by atoms with Gasteiger partial charge in [0.15, 0.2) is 0 Å². The van der Waals surface area contributed by atoms with Crippen LogP contribution in [0, 0.1) is 5.92 Å². The van der Waals surface area contributed by atoms with Crippen molar-refractivity contribution in [3.8, 4) is 5.75 Å². The Morgan fingerprint density at radius 2 is 2.11 bits per heavy atom. The number of hydrogen-bond acceptors (Lipinski definition) is 3. The standard InChI is InChI=1S/C15H20N2O2/c18-15(11-5-6-11)17-8-7-16-10-13-9-12-3-1-2-4-14(12)19-13/h1-4,11,13,16H,5-10H2,(H,17,18). The Balaban J connectivity index is 1.30. The molecule has 0 radical (unpaired) electrons. The van der Waals surface area contributed by atoms with Gasteiger partial charge in [-0.05, 0) is 24.5 Å². The predicted molar refractivity (Wildman–Crippen MR) is 73.2 cm³/mol. The van der Waals surface area contributed by atoms with E-state index < -0.39 is 0 Å². The molecule has 1 atom stereocenters. The molecule has 1 fully saturated rings. The first-order chi connectivity index (χ1) is 9.33. The van der Waals surface area contributed by atoms with E-state index in [-0.39, 0.29) is 12.0 Å². The zero-order valence-corrected chi connectivity index (χ0v) is 11.0. The van der Waals surface area contributed by atoms with Crippen molar-refractivity contribution in [2.24, 2.45) is 5.92 Å². The highest BCUT2D eigenvalue weighted by molar-refractivity contribution is 5.80. The van der Waals surface area contributed by atoms with Gasteiger partial charge in [0, 0.05) is 32.0 Å². The maximum absolute atomic E-state index is 11.4. The molecule has 1 unspecified atom stereocenters. The fourth-order valence-electron chi connectivity index (χ4n) is 2.39. The number of benzene rings is 1. The van der Waals surface area contributed by atoms with Crippen LogP contribution in [-0.4, -0.2) is 31.6 Å². The minimum Gasteiger partial charge on any atom is -0.488 e. The van der Waals surface area contributed by atoms with Crippen LogP contribution in [0.15, 0.2) is 24.3 Å². The number of ether oxygens (including phenoxy) is 1. The SMILES string of the molecule is O=C(NCCNCC1Cc2ccccc2O1)C1CC1. The van der Waals surface area contributed by atoms with E-state index in [9.17, 15) is 4.79 Å². The second-order valence-electron chi connectivity index (χ2n) is 5.32. The van der Waals surface area contributed by atoms with Gasteiger partial charge in [0.2, 0.25) is 5.91 Å². The van der Waals surface area contributed by atoms with Gasteiger partial charge in [-0.3, -0.25) is 4.79 Å². The molecule has 2 N–H and O–H groups in total. The number of amides is 1. The van der Waals surface area contributed by atoms with Gasteiger partial charge in [0.25, 0.3) is 0 Å². The molecule has 0 bridgehead atoms. The molecule has 1 aromatic rings. The molecule has 1 aliphatic carbocycles. The Bertz CT molecular complexity index is 432. The monoisotopic (exact) mass is 260 g/mol. The minimum atomic E-state index is 0.214. The number of hydrogen-bond donors (Lipinski definition) is 2. The lowest BCUT2D eigenvalue weighted by Crippen LogP contribution is -2.37. The van der Waals surface area contributed by atoms with E-state index in [4.69, 9.17) is 4.74 Å².